The van der Waals surface area contributed by atoms with Crippen molar-refractivity contribution in [2.45, 2.75) is 38.5 Å². The molecule has 0 N–H and O–H groups in total. The molecular formula is C43H34N2. The molecule has 0 amide bonds. The normalized spacial score (nSPS) is 15.6. The van der Waals surface area contributed by atoms with Gasteiger partial charge in [0.1, 0.15) is 5.82 Å². The van der Waals surface area contributed by atoms with Gasteiger partial charge >= 0.3 is 0 Å². The van der Waals surface area contributed by atoms with Gasteiger partial charge in [0.2, 0.25) is 0 Å². The van der Waals surface area contributed by atoms with Crippen molar-refractivity contribution in [1.29, 1.82) is 0 Å². The fourth-order valence-corrected chi connectivity index (χ4v) is 7.70. The van der Waals surface area contributed by atoms with Gasteiger partial charge in [-0.05, 0) is 111 Å². The van der Waals surface area contributed by atoms with Crippen LogP contribution >= 0.6 is 0 Å². The Hall–Kier alpha value is -5.21. The molecule has 3 aliphatic carbocycles. The average molecular weight is 579 g/mol. The van der Waals surface area contributed by atoms with E-state index in [4.69, 9.17) is 4.98 Å². The Labute approximate surface area is 263 Å². The summed E-state index contributed by atoms with van der Waals surface area (Å²) in [5.74, 6) is 1.06. The van der Waals surface area contributed by atoms with Crippen LogP contribution in [-0.2, 0) is 6.42 Å². The summed E-state index contributed by atoms with van der Waals surface area (Å²) in [6.07, 6.45) is 20.5. The highest BCUT2D eigenvalue weighted by Crippen LogP contribution is 2.38. The van der Waals surface area contributed by atoms with E-state index < -0.39 is 0 Å². The zero-order valence-corrected chi connectivity index (χ0v) is 25.3. The SMILES string of the molecule is C1=Cc2c(nc(-c3ccccc3)n2C2=CC=C(c3c4c(c(-c5ccc6ccccc6c5)c5ccccc35)=CCCC=4)CC2)CC1. The van der Waals surface area contributed by atoms with E-state index in [9.17, 15) is 0 Å². The highest BCUT2D eigenvalue weighted by atomic mass is 15.1. The molecular weight excluding hydrogens is 544 g/mol. The van der Waals surface area contributed by atoms with Crippen molar-refractivity contribution < 1.29 is 0 Å². The van der Waals surface area contributed by atoms with E-state index in [0.29, 0.717) is 0 Å². The van der Waals surface area contributed by atoms with Crippen molar-refractivity contribution in [2.75, 3.05) is 0 Å². The smallest absolute Gasteiger partial charge is 0.145 e. The zero-order valence-electron chi connectivity index (χ0n) is 25.3. The minimum Gasteiger partial charge on any atom is -0.296 e. The molecule has 5 aromatic carbocycles. The predicted molar refractivity (Wildman–Crippen MR) is 191 cm³/mol. The van der Waals surface area contributed by atoms with E-state index in [1.54, 1.807) is 0 Å². The summed E-state index contributed by atoms with van der Waals surface area (Å²) in [7, 11) is 0. The third-order valence-corrected chi connectivity index (χ3v) is 9.78. The molecule has 2 nitrogen and oxygen atoms in total. The minimum absolute atomic E-state index is 0.974. The highest BCUT2D eigenvalue weighted by Gasteiger charge is 2.23. The molecule has 9 rings (SSSR count). The number of aromatic nitrogens is 2. The zero-order chi connectivity index (χ0) is 29.7. The molecule has 3 aliphatic rings. The van der Waals surface area contributed by atoms with Crippen LogP contribution in [-0.4, -0.2) is 9.55 Å². The Morgan fingerprint density at radius 2 is 1.31 bits per heavy atom. The molecule has 0 unspecified atom stereocenters. The molecule has 45 heavy (non-hydrogen) atoms. The Bertz CT molecular complexity index is 2360. The lowest BCUT2D eigenvalue weighted by molar-refractivity contribution is 0.921. The Kier molecular flexibility index (Phi) is 6.26. The lowest BCUT2D eigenvalue weighted by Gasteiger charge is -2.23. The summed E-state index contributed by atoms with van der Waals surface area (Å²) >= 11 is 0. The van der Waals surface area contributed by atoms with Gasteiger partial charge in [0.05, 0.1) is 11.4 Å². The second-order valence-electron chi connectivity index (χ2n) is 12.4. The van der Waals surface area contributed by atoms with Crippen LogP contribution in [0, 0.1) is 0 Å². The van der Waals surface area contributed by atoms with Crippen molar-refractivity contribution in [3.05, 3.63) is 143 Å². The average Bonchev–Trinajstić information content (AvgIpc) is 3.51. The first-order chi connectivity index (χ1) is 22.3. The van der Waals surface area contributed by atoms with Crippen LogP contribution in [0.5, 0.6) is 0 Å². The van der Waals surface area contributed by atoms with Gasteiger partial charge in [-0.3, -0.25) is 4.57 Å². The molecule has 6 aromatic rings. The molecule has 216 valence electrons. The summed E-state index contributed by atoms with van der Waals surface area (Å²) in [5, 5.41) is 8.05. The molecule has 0 bridgehead atoms. The van der Waals surface area contributed by atoms with Crippen LogP contribution in [0.4, 0.5) is 0 Å². The van der Waals surface area contributed by atoms with Gasteiger partial charge in [0.25, 0.3) is 0 Å². The molecule has 0 saturated heterocycles. The maximum absolute atomic E-state index is 5.17. The van der Waals surface area contributed by atoms with Gasteiger partial charge in [0, 0.05) is 11.3 Å². The van der Waals surface area contributed by atoms with E-state index in [2.05, 4.69) is 138 Å². The third-order valence-electron chi connectivity index (χ3n) is 9.78. The lowest BCUT2D eigenvalue weighted by atomic mass is 9.83. The number of rotatable bonds is 4. The minimum atomic E-state index is 0.974. The molecule has 0 atom stereocenters. The molecule has 1 heterocycles. The third kappa shape index (κ3) is 4.36. The monoisotopic (exact) mass is 578 g/mol. The Morgan fingerprint density at radius 1 is 0.578 bits per heavy atom. The van der Waals surface area contributed by atoms with Crippen LogP contribution in [0.2, 0.25) is 0 Å². The van der Waals surface area contributed by atoms with Crippen LogP contribution in [0.1, 0.15) is 49.1 Å². The second-order valence-corrected chi connectivity index (χ2v) is 12.4. The van der Waals surface area contributed by atoms with Gasteiger partial charge in [-0.25, -0.2) is 4.98 Å². The van der Waals surface area contributed by atoms with Crippen LogP contribution < -0.4 is 10.4 Å². The molecule has 0 spiro atoms. The van der Waals surface area contributed by atoms with E-state index in [-0.39, 0.29) is 0 Å². The first kappa shape index (κ1) is 26.2. The maximum atomic E-state index is 5.17. The number of hydrogen-bond donors (Lipinski definition) is 0. The maximum Gasteiger partial charge on any atom is 0.145 e. The van der Waals surface area contributed by atoms with E-state index in [0.717, 1.165) is 44.3 Å². The van der Waals surface area contributed by atoms with Crippen LogP contribution in [0.15, 0.2) is 115 Å². The van der Waals surface area contributed by atoms with Crippen LogP contribution in [0.25, 0.3) is 73.6 Å². The van der Waals surface area contributed by atoms with Crippen molar-refractivity contribution >= 4 is 51.0 Å². The summed E-state index contributed by atoms with van der Waals surface area (Å²) in [5.41, 5.74) is 10.4. The molecule has 0 saturated carbocycles. The van der Waals surface area contributed by atoms with Gasteiger partial charge < -0.3 is 0 Å². The van der Waals surface area contributed by atoms with E-state index >= 15 is 0 Å². The predicted octanol–water partition coefficient (Wildman–Crippen LogP) is 9.56. The molecule has 0 radical (unpaired) electrons. The molecule has 1 aromatic heterocycles. The number of allylic oxidation sites excluding steroid dienone is 5. The fraction of sp³-hybridized carbons (Fsp3) is 0.140. The number of imidazole rings is 1. The van der Waals surface area contributed by atoms with Gasteiger partial charge in [-0.1, -0.05) is 115 Å². The van der Waals surface area contributed by atoms with Crippen molar-refractivity contribution in [1.82, 2.24) is 9.55 Å². The quantitative estimate of drug-likeness (QED) is 0.204. The van der Waals surface area contributed by atoms with E-state index in [1.165, 1.54) is 76.9 Å². The standard InChI is InChI=1S/C43H34N2/c1-2-13-31(14-3-1)43-44-39-20-10-11-21-40(39)45(43)34-26-24-30(25-27-34)41-35-16-6-8-18-37(35)42(38-19-9-7-17-36(38)41)33-23-22-29-12-4-5-15-32(29)28-33/h1-6,8,11-19,21-24,26,28H,7,9-10,20,25,27H2. The number of aryl methyl sites for hydroxylation is 1. The molecule has 2 heteroatoms. The van der Waals surface area contributed by atoms with Crippen molar-refractivity contribution in [3.63, 3.8) is 0 Å². The number of benzene rings is 5. The summed E-state index contributed by atoms with van der Waals surface area (Å²) in [6, 6.07) is 35.4. The largest absolute Gasteiger partial charge is 0.296 e. The number of nitrogens with zero attached hydrogens (tertiary/aromatic N) is 2. The number of fused-ring (bicyclic) bond motifs is 4. The Morgan fingerprint density at radius 3 is 2.11 bits per heavy atom. The topological polar surface area (TPSA) is 17.8 Å². The van der Waals surface area contributed by atoms with Gasteiger partial charge in [-0.15, -0.1) is 0 Å². The van der Waals surface area contributed by atoms with Gasteiger partial charge in [-0.2, -0.15) is 0 Å². The first-order valence-electron chi connectivity index (χ1n) is 16.3. The van der Waals surface area contributed by atoms with E-state index in [1.807, 2.05) is 0 Å². The van der Waals surface area contributed by atoms with Crippen molar-refractivity contribution in [2.24, 2.45) is 0 Å². The fourth-order valence-electron chi connectivity index (χ4n) is 7.70. The van der Waals surface area contributed by atoms with Crippen LogP contribution in [0.3, 0.4) is 0 Å². The highest BCUT2D eigenvalue weighted by molar-refractivity contribution is 6.05. The molecule has 0 fully saturated rings. The lowest BCUT2D eigenvalue weighted by Crippen LogP contribution is -2.33. The summed E-state index contributed by atoms with van der Waals surface area (Å²) in [6.45, 7) is 0. The second kappa shape index (κ2) is 10.7. The van der Waals surface area contributed by atoms with Crippen molar-refractivity contribution in [3.8, 4) is 22.5 Å². The summed E-state index contributed by atoms with van der Waals surface area (Å²) in [4.78, 5) is 5.17. The Balaban J connectivity index is 1.23. The number of hydrogen-bond acceptors (Lipinski definition) is 1. The first-order valence-corrected chi connectivity index (χ1v) is 16.3. The summed E-state index contributed by atoms with van der Waals surface area (Å²) < 4.78 is 2.42. The molecule has 0 aliphatic heterocycles. The van der Waals surface area contributed by atoms with Gasteiger partial charge in [0.15, 0.2) is 0 Å².